The SMILES string of the molecule is O=CCCC(OCF)(OCF)OCF. The molecule has 0 saturated heterocycles. The van der Waals surface area contributed by atoms with E-state index in [1.165, 1.54) is 0 Å². The van der Waals surface area contributed by atoms with Crippen LogP contribution in [0.5, 0.6) is 0 Å². The van der Waals surface area contributed by atoms with Crippen molar-refractivity contribution in [2.45, 2.75) is 18.8 Å². The van der Waals surface area contributed by atoms with E-state index < -0.39 is 26.6 Å². The lowest BCUT2D eigenvalue weighted by molar-refractivity contribution is -0.406. The van der Waals surface area contributed by atoms with E-state index in [9.17, 15) is 18.0 Å². The molecule has 4 nitrogen and oxygen atoms in total. The summed E-state index contributed by atoms with van der Waals surface area (Å²) in [6.45, 7) is -4.00. The van der Waals surface area contributed by atoms with Crippen molar-refractivity contribution in [3.8, 4) is 0 Å². The monoisotopic (exact) mass is 216 g/mol. The smallest absolute Gasteiger partial charge is 0.290 e. The second kappa shape index (κ2) is 7.72. The number of aldehydes is 1. The van der Waals surface area contributed by atoms with E-state index in [0.717, 1.165) is 0 Å². The fourth-order valence-electron chi connectivity index (χ4n) is 0.827. The van der Waals surface area contributed by atoms with E-state index in [4.69, 9.17) is 0 Å². The van der Waals surface area contributed by atoms with Gasteiger partial charge in [-0.15, -0.1) is 0 Å². The van der Waals surface area contributed by atoms with E-state index in [0.29, 0.717) is 6.29 Å². The summed E-state index contributed by atoms with van der Waals surface area (Å²) in [5.74, 6) is -2.15. The van der Waals surface area contributed by atoms with Crippen LogP contribution in [0.4, 0.5) is 13.2 Å². The highest BCUT2D eigenvalue weighted by molar-refractivity contribution is 5.49. The summed E-state index contributed by atoms with van der Waals surface area (Å²) < 4.78 is 48.3. The molecule has 0 aliphatic carbocycles. The zero-order valence-corrected chi connectivity index (χ0v) is 7.38. The van der Waals surface area contributed by atoms with Crippen LogP contribution in [-0.4, -0.2) is 32.8 Å². The van der Waals surface area contributed by atoms with Gasteiger partial charge in [0.05, 0.1) is 0 Å². The lowest BCUT2D eigenvalue weighted by Gasteiger charge is -2.28. The third kappa shape index (κ3) is 4.54. The zero-order valence-electron chi connectivity index (χ0n) is 7.38. The van der Waals surface area contributed by atoms with Gasteiger partial charge in [-0.05, 0) is 0 Å². The molecule has 0 aromatic carbocycles. The Hall–Kier alpha value is -0.660. The van der Waals surface area contributed by atoms with Crippen LogP contribution in [0.1, 0.15) is 12.8 Å². The molecule has 0 aliphatic heterocycles. The van der Waals surface area contributed by atoms with Gasteiger partial charge in [-0.2, -0.15) is 0 Å². The van der Waals surface area contributed by atoms with Crippen LogP contribution in [0, 0.1) is 0 Å². The summed E-state index contributed by atoms with van der Waals surface area (Å²) in [5.41, 5.74) is 0. The van der Waals surface area contributed by atoms with Gasteiger partial charge in [0.15, 0.2) is 20.6 Å². The first kappa shape index (κ1) is 13.3. The molecule has 7 heteroatoms. The van der Waals surface area contributed by atoms with Gasteiger partial charge in [-0.3, -0.25) is 14.2 Å². The van der Waals surface area contributed by atoms with Crippen LogP contribution in [0.2, 0.25) is 0 Å². The number of hydrogen-bond donors (Lipinski definition) is 0. The molecule has 0 radical (unpaired) electrons. The van der Waals surface area contributed by atoms with E-state index in [1.54, 1.807) is 0 Å². The largest absolute Gasteiger partial charge is 0.303 e. The molecule has 0 fully saturated rings. The Kier molecular flexibility index (Phi) is 7.35. The van der Waals surface area contributed by atoms with Crippen LogP contribution in [0.25, 0.3) is 0 Å². The molecule has 0 aliphatic rings. The average Bonchev–Trinajstić information content (AvgIpc) is 2.16. The number of hydrogen-bond acceptors (Lipinski definition) is 4. The summed E-state index contributed by atoms with van der Waals surface area (Å²) in [6, 6.07) is 0. The highest BCUT2D eigenvalue weighted by Gasteiger charge is 2.33. The van der Waals surface area contributed by atoms with Crippen molar-refractivity contribution >= 4 is 6.29 Å². The van der Waals surface area contributed by atoms with Gasteiger partial charge in [-0.25, -0.2) is 13.2 Å². The normalized spacial score (nSPS) is 11.6. The molecule has 0 atom stereocenters. The quantitative estimate of drug-likeness (QED) is 0.432. The molecule has 0 spiro atoms. The van der Waals surface area contributed by atoms with Crippen molar-refractivity contribution < 1.29 is 32.2 Å². The lowest BCUT2D eigenvalue weighted by atomic mass is 10.3. The Morgan fingerprint density at radius 2 is 1.43 bits per heavy atom. The van der Waals surface area contributed by atoms with Crippen molar-refractivity contribution in [3.05, 3.63) is 0 Å². The van der Waals surface area contributed by atoms with Gasteiger partial charge < -0.3 is 4.79 Å². The van der Waals surface area contributed by atoms with Crippen molar-refractivity contribution in [1.29, 1.82) is 0 Å². The lowest BCUT2D eigenvalue weighted by Crippen LogP contribution is -2.39. The van der Waals surface area contributed by atoms with E-state index in [2.05, 4.69) is 14.2 Å². The van der Waals surface area contributed by atoms with Gasteiger partial charge in [0.1, 0.15) is 6.29 Å². The molecule has 0 rings (SSSR count). The van der Waals surface area contributed by atoms with Crippen LogP contribution in [0.3, 0.4) is 0 Å². The Balaban J connectivity index is 4.28. The maximum Gasteiger partial charge on any atom is 0.290 e. The number of carbonyl (C=O) groups excluding carboxylic acids is 1. The molecule has 0 heterocycles. The molecule has 0 bridgehead atoms. The molecule has 0 saturated carbocycles. The topological polar surface area (TPSA) is 44.8 Å². The summed E-state index contributed by atoms with van der Waals surface area (Å²) in [7, 11) is 0. The van der Waals surface area contributed by atoms with Gasteiger partial charge in [0, 0.05) is 12.8 Å². The van der Waals surface area contributed by atoms with Gasteiger partial charge in [0.25, 0.3) is 5.97 Å². The molecule has 0 aromatic heterocycles. The standard InChI is InChI=1S/C7H11F3O4/c8-4-12-7(13-5-9,14-6-10)2-1-3-11/h3H,1-2,4-6H2. The number of rotatable bonds is 9. The second-order valence-corrected chi connectivity index (χ2v) is 2.15. The van der Waals surface area contributed by atoms with Crippen LogP contribution in [0.15, 0.2) is 0 Å². The molecule has 0 unspecified atom stereocenters. The van der Waals surface area contributed by atoms with E-state index in [1.807, 2.05) is 0 Å². The van der Waals surface area contributed by atoms with Crippen LogP contribution in [-0.2, 0) is 19.0 Å². The maximum absolute atomic E-state index is 11.8. The predicted molar refractivity (Wildman–Crippen MR) is 39.2 cm³/mol. The summed E-state index contributed by atoms with van der Waals surface area (Å²) in [6.07, 6.45) is 0.0633. The summed E-state index contributed by atoms with van der Waals surface area (Å²) >= 11 is 0. The Morgan fingerprint density at radius 1 is 1.00 bits per heavy atom. The number of halogens is 3. The Bertz CT molecular complexity index is 139. The minimum Gasteiger partial charge on any atom is -0.303 e. The van der Waals surface area contributed by atoms with Crippen molar-refractivity contribution in [1.82, 2.24) is 0 Å². The van der Waals surface area contributed by atoms with E-state index >= 15 is 0 Å². The molecule has 0 amide bonds. The fourth-order valence-corrected chi connectivity index (χ4v) is 0.827. The summed E-state index contributed by atoms with van der Waals surface area (Å²) in [5, 5.41) is 0. The third-order valence-electron chi connectivity index (χ3n) is 1.39. The molecule has 0 N–H and O–H groups in total. The average molecular weight is 216 g/mol. The van der Waals surface area contributed by atoms with Crippen molar-refractivity contribution in [2.24, 2.45) is 0 Å². The number of carbonyl (C=O) groups is 1. The van der Waals surface area contributed by atoms with Crippen molar-refractivity contribution in [3.63, 3.8) is 0 Å². The summed E-state index contributed by atoms with van der Waals surface area (Å²) in [4.78, 5) is 10.0. The first-order chi connectivity index (χ1) is 6.74. The van der Waals surface area contributed by atoms with Crippen molar-refractivity contribution in [2.75, 3.05) is 20.6 Å². The highest BCUT2D eigenvalue weighted by atomic mass is 19.1. The molecule has 84 valence electrons. The van der Waals surface area contributed by atoms with E-state index in [-0.39, 0.29) is 12.8 Å². The molecule has 0 aromatic rings. The highest BCUT2D eigenvalue weighted by Crippen LogP contribution is 2.22. The van der Waals surface area contributed by atoms with Crippen LogP contribution < -0.4 is 0 Å². The van der Waals surface area contributed by atoms with Gasteiger partial charge >= 0.3 is 0 Å². The Morgan fingerprint density at radius 3 is 1.71 bits per heavy atom. The van der Waals surface area contributed by atoms with Gasteiger partial charge in [0.2, 0.25) is 0 Å². The fraction of sp³-hybridized carbons (Fsp3) is 0.857. The second-order valence-electron chi connectivity index (χ2n) is 2.15. The minimum absolute atomic E-state index is 0.125. The number of ether oxygens (including phenoxy) is 3. The zero-order chi connectivity index (χ0) is 10.9. The predicted octanol–water partition coefficient (Wildman–Crippen LogP) is 1.45. The minimum atomic E-state index is -2.15. The number of alkyl halides is 3. The van der Waals surface area contributed by atoms with Crippen LogP contribution >= 0.6 is 0 Å². The maximum atomic E-state index is 11.8. The molecule has 14 heavy (non-hydrogen) atoms. The third-order valence-corrected chi connectivity index (χ3v) is 1.39. The Labute approximate surface area is 78.9 Å². The van der Waals surface area contributed by atoms with Gasteiger partial charge in [-0.1, -0.05) is 0 Å². The first-order valence-electron chi connectivity index (χ1n) is 3.78. The molecular weight excluding hydrogens is 205 g/mol. The first-order valence-corrected chi connectivity index (χ1v) is 3.78. The molecular formula is C7H11F3O4.